The fourth-order valence-electron chi connectivity index (χ4n) is 2.18. The molecule has 1 atom stereocenters. The van der Waals surface area contributed by atoms with Crippen molar-refractivity contribution in [2.24, 2.45) is 11.7 Å². The van der Waals surface area contributed by atoms with E-state index in [4.69, 9.17) is 10.5 Å². The van der Waals surface area contributed by atoms with Crippen molar-refractivity contribution in [1.82, 2.24) is 5.32 Å². The normalized spacial score (nSPS) is 16.8. The lowest BCUT2D eigenvalue weighted by Crippen LogP contribution is -2.54. The average molecular weight is 299 g/mol. The lowest BCUT2D eigenvalue weighted by Gasteiger charge is -2.29. The van der Waals surface area contributed by atoms with Crippen LogP contribution in [0.3, 0.4) is 0 Å². The average Bonchev–Trinajstić information content (AvgIpc) is 3.22. The van der Waals surface area contributed by atoms with Crippen LogP contribution in [0.25, 0.3) is 0 Å². The molecule has 1 aliphatic carbocycles. The fourth-order valence-corrected chi connectivity index (χ4v) is 2.18. The van der Waals surface area contributed by atoms with E-state index < -0.39 is 0 Å². The molecule has 0 radical (unpaired) electrons. The van der Waals surface area contributed by atoms with Gasteiger partial charge < -0.3 is 15.8 Å². The van der Waals surface area contributed by atoms with Crippen LogP contribution in [0.4, 0.5) is 0 Å². The highest BCUT2D eigenvalue weighted by Gasteiger charge is 2.41. The molecule has 20 heavy (non-hydrogen) atoms. The number of nitrogens with one attached hydrogen (secondary N) is 1. The lowest BCUT2D eigenvalue weighted by molar-refractivity contribution is -0.125. The van der Waals surface area contributed by atoms with E-state index in [0.29, 0.717) is 18.2 Å². The van der Waals surface area contributed by atoms with Gasteiger partial charge in [-0.25, -0.2) is 0 Å². The molecule has 1 saturated carbocycles. The Bertz CT molecular complexity index is 446. The predicted octanol–water partition coefficient (Wildman–Crippen LogP) is 2.04. The second kappa shape index (κ2) is 6.95. The molecule has 112 valence electrons. The van der Waals surface area contributed by atoms with Gasteiger partial charge in [-0.15, -0.1) is 12.4 Å². The van der Waals surface area contributed by atoms with Crippen molar-refractivity contribution in [3.63, 3.8) is 0 Å². The highest BCUT2D eigenvalue weighted by atomic mass is 35.5. The van der Waals surface area contributed by atoms with Crippen molar-refractivity contribution in [1.29, 1.82) is 0 Å². The number of amides is 1. The van der Waals surface area contributed by atoms with Crippen LogP contribution < -0.4 is 15.8 Å². The molecule has 1 unspecified atom stereocenters. The van der Waals surface area contributed by atoms with Crippen LogP contribution in [0.5, 0.6) is 5.75 Å². The number of carbonyl (C=O) groups excluding carboxylic acids is 1. The zero-order chi connectivity index (χ0) is 13.9. The number of carbonyl (C=O) groups is 1. The van der Waals surface area contributed by atoms with Gasteiger partial charge in [-0.2, -0.15) is 0 Å². The minimum atomic E-state index is -0.284. The lowest BCUT2D eigenvalue weighted by atomic mass is 9.96. The Morgan fingerprint density at radius 2 is 2.00 bits per heavy atom. The molecule has 0 aliphatic heterocycles. The number of halogens is 1. The molecule has 5 heteroatoms. The Labute approximate surface area is 126 Å². The zero-order valence-electron chi connectivity index (χ0n) is 12.0. The summed E-state index contributed by atoms with van der Waals surface area (Å²) in [6.07, 6.45) is 2.29. The zero-order valence-corrected chi connectivity index (χ0v) is 12.8. The van der Waals surface area contributed by atoms with Crippen LogP contribution in [0, 0.1) is 12.8 Å². The first-order valence-corrected chi connectivity index (χ1v) is 6.74. The summed E-state index contributed by atoms with van der Waals surface area (Å²) in [5, 5.41) is 3.00. The van der Waals surface area contributed by atoms with Gasteiger partial charge in [0.1, 0.15) is 5.75 Å². The summed E-state index contributed by atoms with van der Waals surface area (Å²) in [7, 11) is 0. The molecule has 4 nitrogen and oxygen atoms in total. The van der Waals surface area contributed by atoms with Crippen LogP contribution in [0.1, 0.15) is 25.3 Å². The standard InChI is InChI=1S/C15H22N2O2.ClH/c1-11-3-7-13(8-4-11)19-9-14(18)17-15(2,10-16)12-5-6-12;/h3-4,7-8,12H,5-6,9-10,16H2,1-2H3,(H,17,18);1H. The second-order valence-corrected chi connectivity index (χ2v) is 5.55. The van der Waals surface area contributed by atoms with Crippen molar-refractivity contribution >= 4 is 18.3 Å². The Kier molecular flexibility index (Phi) is 5.84. The number of ether oxygens (including phenoxy) is 1. The molecule has 0 saturated heterocycles. The van der Waals surface area contributed by atoms with E-state index in [-0.39, 0.29) is 30.5 Å². The minimum absolute atomic E-state index is 0. The third kappa shape index (κ3) is 4.39. The Morgan fingerprint density at radius 1 is 1.40 bits per heavy atom. The summed E-state index contributed by atoms with van der Waals surface area (Å²) < 4.78 is 5.46. The van der Waals surface area contributed by atoms with E-state index in [1.165, 1.54) is 5.56 Å². The van der Waals surface area contributed by atoms with Crippen molar-refractivity contribution in [3.8, 4) is 5.75 Å². The molecule has 0 aromatic heterocycles. The molecule has 0 heterocycles. The van der Waals surface area contributed by atoms with Crippen molar-refractivity contribution in [2.45, 2.75) is 32.2 Å². The molecule has 0 spiro atoms. The van der Waals surface area contributed by atoms with Crippen LogP contribution in [-0.4, -0.2) is 24.6 Å². The third-order valence-corrected chi connectivity index (χ3v) is 3.72. The van der Waals surface area contributed by atoms with E-state index in [0.717, 1.165) is 12.8 Å². The van der Waals surface area contributed by atoms with E-state index >= 15 is 0 Å². The van der Waals surface area contributed by atoms with Crippen LogP contribution >= 0.6 is 12.4 Å². The van der Waals surface area contributed by atoms with Gasteiger partial charge in [0.05, 0.1) is 5.54 Å². The first kappa shape index (κ1) is 16.8. The number of nitrogens with two attached hydrogens (primary N) is 1. The van der Waals surface area contributed by atoms with E-state index in [2.05, 4.69) is 5.32 Å². The summed E-state index contributed by atoms with van der Waals surface area (Å²) >= 11 is 0. The molecule has 2 rings (SSSR count). The maximum absolute atomic E-state index is 11.9. The van der Waals surface area contributed by atoms with Gasteiger partial charge in [-0.05, 0) is 44.7 Å². The maximum Gasteiger partial charge on any atom is 0.258 e. The topological polar surface area (TPSA) is 64.3 Å². The summed E-state index contributed by atoms with van der Waals surface area (Å²) in [6.45, 7) is 4.52. The first-order valence-electron chi connectivity index (χ1n) is 6.74. The number of hydrogen-bond donors (Lipinski definition) is 2. The van der Waals surface area contributed by atoms with E-state index in [1.54, 1.807) is 0 Å². The molecular weight excluding hydrogens is 276 g/mol. The van der Waals surface area contributed by atoms with E-state index in [9.17, 15) is 4.79 Å². The van der Waals surface area contributed by atoms with Crippen LogP contribution in [0.2, 0.25) is 0 Å². The number of aryl methyl sites for hydroxylation is 1. The van der Waals surface area contributed by atoms with Gasteiger partial charge in [-0.1, -0.05) is 17.7 Å². The largest absolute Gasteiger partial charge is 0.484 e. The van der Waals surface area contributed by atoms with Crippen molar-refractivity contribution in [2.75, 3.05) is 13.2 Å². The second-order valence-electron chi connectivity index (χ2n) is 5.55. The SMILES string of the molecule is Cc1ccc(OCC(=O)NC(C)(CN)C2CC2)cc1.Cl. The highest BCUT2D eigenvalue weighted by molar-refractivity contribution is 5.85. The minimum Gasteiger partial charge on any atom is -0.484 e. The summed E-state index contributed by atoms with van der Waals surface area (Å²) in [5.74, 6) is 1.11. The van der Waals surface area contributed by atoms with Crippen LogP contribution in [-0.2, 0) is 4.79 Å². The van der Waals surface area contributed by atoms with Crippen molar-refractivity contribution < 1.29 is 9.53 Å². The van der Waals surface area contributed by atoms with Gasteiger partial charge in [0.2, 0.25) is 0 Å². The van der Waals surface area contributed by atoms with Gasteiger partial charge >= 0.3 is 0 Å². The molecule has 1 amide bonds. The van der Waals surface area contributed by atoms with Crippen LogP contribution in [0.15, 0.2) is 24.3 Å². The van der Waals surface area contributed by atoms with Crippen molar-refractivity contribution in [3.05, 3.63) is 29.8 Å². The number of benzene rings is 1. The number of hydrogen-bond acceptors (Lipinski definition) is 3. The summed E-state index contributed by atoms with van der Waals surface area (Å²) in [5.41, 5.74) is 6.65. The first-order chi connectivity index (χ1) is 9.03. The molecular formula is C15H23ClN2O2. The fraction of sp³-hybridized carbons (Fsp3) is 0.533. The molecule has 1 aromatic rings. The van der Waals surface area contributed by atoms with E-state index in [1.807, 2.05) is 38.1 Å². The predicted molar refractivity (Wildman–Crippen MR) is 82.2 cm³/mol. The highest BCUT2D eigenvalue weighted by Crippen LogP contribution is 2.38. The van der Waals surface area contributed by atoms with Gasteiger partial charge in [-0.3, -0.25) is 4.79 Å². The van der Waals surface area contributed by atoms with Gasteiger partial charge in [0, 0.05) is 6.54 Å². The quantitative estimate of drug-likeness (QED) is 0.845. The third-order valence-electron chi connectivity index (χ3n) is 3.72. The van der Waals surface area contributed by atoms with Gasteiger partial charge in [0.15, 0.2) is 6.61 Å². The Morgan fingerprint density at radius 3 is 2.50 bits per heavy atom. The Balaban J connectivity index is 0.00000200. The smallest absolute Gasteiger partial charge is 0.258 e. The summed E-state index contributed by atoms with van der Waals surface area (Å²) in [4.78, 5) is 11.9. The molecule has 1 aromatic carbocycles. The molecule has 1 aliphatic rings. The molecule has 0 bridgehead atoms. The van der Waals surface area contributed by atoms with Gasteiger partial charge in [0.25, 0.3) is 5.91 Å². The monoisotopic (exact) mass is 298 g/mol. The Hall–Kier alpha value is -1.26. The molecule has 3 N–H and O–H groups in total. The molecule has 1 fully saturated rings. The summed E-state index contributed by atoms with van der Waals surface area (Å²) in [6, 6.07) is 7.65. The number of rotatable bonds is 6. The maximum atomic E-state index is 11.9.